The van der Waals surface area contributed by atoms with Gasteiger partial charge in [-0.15, -0.1) is 0 Å². The summed E-state index contributed by atoms with van der Waals surface area (Å²) in [5, 5.41) is 0. The Kier molecular flexibility index (Phi) is 39.7. The lowest BCUT2D eigenvalue weighted by Gasteiger charge is -2.46. The largest absolute Gasteiger partial charge is 0.726 e. The van der Waals surface area contributed by atoms with Crippen LogP contribution < -0.4 is 0 Å². The van der Waals surface area contributed by atoms with Crippen molar-refractivity contribution in [2.45, 2.75) is 194 Å². The van der Waals surface area contributed by atoms with E-state index in [-0.39, 0.29) is 11.9 Å². The van der Waals surface area contributed by atoms with Gasteiger partial charge in [-0.1, -0.05) is 168 Å². The van der Waals surface area contributed by atoms with Gasteiger partial charge in [0.25, 0.3) is 0 Å². The van der Waals surface area contributed by atoms with Crippen molar-refractivity contribution in [3.8, 4) is 0 Å². The number of carbonyl (C=O) groups is 2. The van der Waals surface area contributed by atoms with E-state index in [0.29, 0.717) is 26.1 Å². The van der Waals surface area contributed by atoms with Crippen molar-refractivity contribution in [1.29, 1.82) is 0 Å². The second kappa shape index (κ2) is 39.2. The fourth-order valence-electron chi connectivity index (χ4n) is 7.11. The van der Waals surface area contributed by atoms with Crippen molar-refractivity contribution in [3.05, 3.63) is 0 Å². The van der Waals surface area contributed by atoms with Crippen molar-refractivity contribution < 1.29 is 62.3 Å². The third-order valence-corrected chi connectivity index (χ3v) is 12.3. The van der Waals surface area contributed by atoms with E-state index in [2.05, 4.69) is 36.3 Å². The Balaban J connectivity index is 0. The van der Waals surface area contributed by atoms with E-state index in [1.807, 2.05) is 0 Å². The fraction of sp³-hybridized carbons (Fsp3) is 0.955. The Bertz CT molecular complexity index is 1130. The summed E-state index contributed by atoms with van der Waals surface area (Å²) in [6, 6.07) is 0. The maximum Gasteiger partial charge on any atom is 0.305 e. The number of hydrogen-bond acceptors (Lipinski definition) is 12. The third-order valence-electron chi connectivity index (χ3n) is 11.5. The standard InChI is InChI=1S/C42H84N2O4.2CH4O4S/c1-5-7-9-11-13-15-17-19-21-23-25-27-29-31-41(45)47-39-37-43(3)33-35-44(4,36-34-43)38-40-48-42(46)32-30-28-26-24-22-20-18-16-14-12-10-8-6-2;2*1-5-6(2,3)4/h5-40H2,1-4H3;2*1H3,(H,2,3,4)/q+2;;/p-2. The molecule has 0 N–H and O–H groups in total. The molecule has 0 amide bonds. The predicted molar refractivity (Wildman–Crippen MR) is 238 cm³/mol. The maximum atomic E-state index is 12.3. The van der Waals surface area contributed by atoms with Crippen LogP contribution in [0.3, 0.4) is 0 Å². The smallest absolute Gasteiger partial charge is 0.305 e. The van der Waals surface area contributed by atoms with Gasteiger partial charge in [0.1, 0.15) is 52.5 Å². The molecular formula is C44H90N2O12S2. The number of piperazine rings is 1. The number of ether oxygens (including phenoxy) is 2. The van der Waals surface area contributed by atoms with E-state index in [1.165, 1.54) is 141 Å². The van der Waals surface area contributed by atoms with Crippen LogP contribution in [-0.2, 0) is 48.2 Å². The number of carbonyl (C=O) groups excluding carboxylic acids is 2. The first-order valence-electron chi connectivity index (χ1n) is 23.5. The van der Waals surface area contributed by atoms with Gasteiger partial charge in [-0.3, -0.25) is 18.0 Å². The number of unbranched alkanes of at least 4 members (excludes halogenated alkanes) is 24. The molecule has 0 aliphatic carbocycles. The molecule has 360 valence electrons. The van der Waals surface area contributed by atoms with E-state index in [1.54, 1.807) is 0 Å². The molecule has 1 saturated heterocycles. The van der Waals surface area contributed by atoms with Crippen LogP contribution >= 0.6 is 0 Å². The fourth-order valence-corrected chi connectivity index (χ4v) is 7.11. The van der Waals surface area contributed by atoms with Gasteiger partial charge in [0.05, 0.1) is 28.3 Å². The minimum Gasteiger partial charge on any atom is -0.726 e. The second-order valence-electron chi connectivity index (χ2n) is 17.2. The molecule has 0 unspecified atom stereocenters. The van der Waals surface area contributed by atoms with Gasteiger partial charge in [-0.25, -0.2) is 16.8 Å². The zero-order valence-corrected chi connectivity index (χ0v) is 40.7. The first-order chi connectivity index (χ1) is 28.4. The number of esters is 2. The van der Waals surface area contributed by atoms with Gasteiger partial charge in [0, 0.05) is 12.8 Å². The molecule has 0 aromatic heterocycles. The third kappa shape index (κ3) is 44.6. The van der Waals surface area contributed by atoms with Gasteiger partial charge < -0.3 is 27.5 Å². The molecule has 0 atom stereocenters. The molecule has 16 heteroatoms. The van der Waals surface area contributed by atoms with Gasteiger partial charge in [0.15, 0.2) is 0 Å². The van der Waals surface area contributed by atoms with Crippen molar-refractivity contribution in [1.82, 2.24) is 0 Å². The van der Waals surface area contributed by atoms with Crippen LogP contribution in [0.5, 0.6) is 0 Å². The van der Waals surface area contributed by atoms with Crippen LogP contribution in [0.2, 0.25) is 0 Å². The molecule has 0 bridgehead atoms. The lowest BCUT2D eigenvalue weighted by molar-refractivity contribution is -1.02. The van der Waals surface area contributed by atoms with Crippen molar-refractivity contribution in [2.75, 3.05) is 80.8 Å². The van der Waals surface area contributed by atoms with Crippen LogP contribution in [0.15, 0.2) is 0 Å². The second-order valence-corrected chi connectivity index (χ2v) is 19.5. The zero-order valence-electron chi connectivity index (χ0n) is 39.1. The molecule has 0 saturated carbocycles. The van der Waals surface area contributed by atoms with E-state index in [0.717, 1.165) is 88.1 Å². The molecule has 1 aliphatic heterocycles. The number of hydrogen-bond donors (Lipinski definition) is 0. The van der Waals surface area contributed by atoms with E-state index in [4.69, 9.17) is 9.47 Å². The summed E-state index contributed by atoms with van der Waals surface area (Å²) >= 11 is 0. The molecular weight excluding hydrogens is 813 g/mol. The van der Waals surface area contributed by atoms with Gasteiger partial charge in [-0.2, -0.15) is 0 Å². The van der Waals surface area contributed by atoms with Crippen molar-refractivity contribution >= 4 is 32.7 Å². The number of quaternary nitrogens is 2. The Morgan fingerprint density at radius 1 is 0.433 bits per heavy atom. The summed E-state index contributed by atoms with van der Waals surface area (Å²) < 4.78 is 75.2. The monoisotopic (exact) mass is 903 g/mol. The summed E-state index contributed by atoms with van der Waals surface area (Å²) in [5.41, 5.74) is 0. The average molecular weight is 903 g/mol. The van der Waals surface area contributed by atoms with Gasteiger partial charge in [-0.05, 0) is 12.8 Å². The average Bonchev–Trinajstić information content (AvgIpc) is 3.20. The van der Waals surface area contributed by atoms with Crippen molar-refractivity contribution in [3.63, 3.8) is 0 Å². The summed E-state index contributed by atoms with van der Waals surface area (Å²) in [5.74, 6) is -0.0501. The molecule has 0 spiro atoms. The minimum absolute atomic E-state index is 0.0251. The SMILES string of the molecule is CCCCCCCCCCCCCCCC(=O)OCC[N+]1(C)CC[N+](C)(CCOC(=O)CCCCCCCCCCCCCCC)CC1.COS(=O)(=O)[O-].COS(=O)(=O)[O-]. The first-order valence-corrected chi connectivity index (χ1v) is 26.1. The Hall–Kier alpha value is -1.40. The Morgan fingerprint density at radius 2 is 0.633 bits per heavy atom. The summed E-state index contributed by atoms with van der Waals surface area (Å²) in [6.45, 7) is 11.7. The van der Waals surface area contributed by atoms with Crippen LogP contribution in [-0.4, -0.2) is 128 Å². The highest BCUT2D eigenvalue weighted by molar-refractivity contribution is 7.81. The van der Waals surface area contributed by atoms with Crippen LogP contribution in [0, 0.1) is 0 Å². The first kappa shape index (κ1) is 60.7. The predicted octanol–water partition coefficient (Wildman–Crippen LogP) is 9.13. The normalized spacial score (nSPS) is 17.9. The molecule has 1 rings (SSSR count). The highest BCUT2D eigenvalue weighted by Gasteiger charge is 2.37. The zero-order chi connectivity index (χ0) is 45.4. The lowest BCUT2D eigenvalue weighted by atomic mass is 10.0. The molecule has 0 aromatic rings. The van der Waals surface area contributed by atoms with Crippen molar-refractivity contribution in [2.24, 2.45) is 0 Å². The quantitative estimate of drug-likeness (QED) is 0.0191. The topological polar surface area (TPSA) is 185 Å². The number of nitrogens with zero attached hydrogens (tertiary/aromatic N) is 2. The maximum absolute atomic E-state index is 12.3. The lowest BCUT2D eigenvalue weighted by Crippen LogP contribution is -2.65. The number of likely N-dealkylation sites (N-methyl/N-ethyl adjacent to an activating group) is 2. The van der Waals surface area contributed by atoms with Gasteiger partial charge >= 0.3 is 11.9 Å². The highest BCUT2D eigenvalue weighted by Crippen LogP contribution is 2.17. The van der Waals surface area contributed by atoms with E-state index < -0.39 is 20.8 Å². The van der Waals surface area contributed by atoms with Gasteiger partial charge in [0.2, 0.25) is 20.8 Å². The van der Waals surface area contributed by atoms with Crippen LogP contribution in [0.25, 0.3) is 0 Å². The molecule has 0 radical (unpaired) electrons. The van der Waals surface area contributed by atoms with E-state index >= 15 is 0 Å². The molecule has 14 nitrogen and oxygen atoms in total. The summed E-state index contributed by atoms with van der Waals surface area (Å²) in [6.07, 6.45) is 35.4. The van der Waals surface area contributed by atoms with Crippen LogP contribution in [0.1, 0.15) is 194 Å². The van der Waals surface area contributed by atoms with E-state index in [9.17, 15) is 35.5 Å². The molecule has 1 heterocycles. The summed E-state index contributed by atoms with van der Waals surface area (Å²) in [4.78, 5) is 24.6. The number of rotatable bonds is 36. The Morgan fingerprint density at radius 3 is 0.833 bits per heavy atom. The molecule has 1 aliphatic rings. The minimum atomic E-state index is -4.41. The highest BCUT2D eigenvalue weighted by atomic mass is 32.3. The molecule has 60 heavy (non-hydrogen) atoms. The van der Waals surface area contributed by atoms with Crippen LogP contribution in [0.4, 0.5) is 0 Å². The molecule has 1 fully saturated rings. The summed E-state index contributed by atoms with van der Waals surface area (Å²) in [7, 11) is -2.63. The molecule has 0 aromatic carbocycles. The Labute approximate surface area is 368 Å².